The van der Waals surface area contributed by atoms with Crippen LogP contribution in [0, 0.1) is 11.6 Å². The zero-order valence-electron chi connectivity index (χ0n) is 9.66. The third-order valence-electron chi connectivity index (χ3n) is 2.38. The molecule has 3 nitrogen and oxygen atoms in total. The number of carboxylic acid groups (broad SMARTS) is 1. The van der Waals surface area contributed by atoms with Gasteiger partial charge in [0, 0.05) is 6.07 Å². The summed E-state index contributed by atoms with van der Waals surface area (Å²) in [6, 6.07) is 5.63. The van der Waals surface area contributed by atoms with Crippen LogP contribution >= 0.6 is 27.5 Å². The normalized spacial score (nSPS) is 10.4. The average Bonchev–Trinajstić information content (AvgIpc) is 2.37. The van der Waals surface area contributed by atoms with Crippen molar-refractivity contribution in [3.8, 4) is 11.5 Å². The second kappa shape index (κ2) is 5.76. The van der Waals surface area contributed by atoms with E-state index in [4.69, 9.17) is 21.4 Å². The largest absolute Gasteiger partial charge is 0.478 e. The smallest absolute Gasteiger partial charge is 0.339 e. The third kappa shape index (κ3) is 2.91. The van der Waals surface area contributed by atoms with Gasteiger partial charge in [0.25, 0.3) is 0 Å². The molecule has 2 rings (SSSR count). The summed E-state index contributed by atoms with van der Waals surface area (Å²) in [4.78, 5) is 11.0. The quantitative estimate of drug-likeness (QED) is 0.791. The van der Waals surface area contributed by atoms with E-state index in [0.717, 1.165) is 12.1 Å². The van der Waals surface area contributed by atoms with E-state index in [1.54, 1.807) is 0 Å². The topological polar surface area (TPSA) is 46.5 Å². The Labute approximate surface area is 125 Å². The summed E-state index contributed by atoms with van der Waals surface area (Å²) >= 11 is 8.65. The minimum absolute atomic E-state index is 0.0838. The molecule has 7 heteroatoms. The number of halogens is 4. The van der Waals surface area contributed by atoms with Crippen LogP contribution in [-0.2, 0) is 0 Å². The van der Waals surface area contributed by atoms with Crippen LogP contribution in [0.2, 0.25) is 5.02 Å². The van der Waals surface area contributed by atoms with Gasteiger partial charge in [0.2, 0.25) is 0 Å². The molecular weight excluding hydrogens is 357 g/mol. The first kappa shape index (κ1) is 14.7. The second-order valence-corrected chi connectivity index (χ2v) is 4.98. The molecule has 0 aliphatic rings. The summed E-state index contributed by atoms with van der Waals surface area (Å²) in [7, 11) is 0. The molecule has 0 aliphatic heterocycles. The highest BCUT2D eigenvalue weighted by Crippen LogP contribution is 2.36. The molecule has 0 radical (unpaired) electrons. The van der Waals surface area contributed by atoms with E-state index in [-0.39, 0.29) is 20.8 Å². The molecule has 0 aliphatic carbocycles. The summed E-state index contributed by atoms with van der Waals surface area (Å²) in [6.07, 6.45) is 0. The summed E-state index contributed by atoms with van der Waals surface area (Å²) in [6.45, 7) is 0. The van der Waals surface area contributed by atoms with Crippen LogP contribution in [0.25, 0.3) is 0 Å². The van der Waals surface area contributed by atoms with E-state index in [1.807, 2.05) is 0 Å². The molecule has 20 heavy (non-hydrogen) atoms. The third-order valence-corrected chi connectivity index (χ3v) is 3.29. The fraction of sp³-hybridized carbons (Fsp3) is 0. The lowest BCUT2D eigenvalue weighted by atomic mass is 10.2. The van der Waals surface area contributed by atoms with Gasteiger partial charge in [-0.15, -0.1) is 0 Å². The molecule has 0 spiro atoms. The predicted molar refractivity (Wildman–Crippen MR) is 72.5 cm³/mol. The molecule has 0 amide bonds. The van der Waals surface area contributed by atoms with Crippen LogP contribution in [0.3, 0.4) is 0 Å². The van der Waals surface area contributed by atoms with E-state index in [2.05, 4.69) is 15.9 Å². The van der Waals surface area contributed by atoms with Crippen molar-refractivity contribution >= 4 is 33.5 Å². The van der Waals surface area contributed by atoms with Gasteiger partial charge in [0.1, 0.15) is 17.1 Å². The Morgan fingerprint density at radius 2 is 1.95 bits per heavy atom. The number of aromatic carboxylic acids is 1. The number of para-hydroxylation sites is 1. The van der Waals surface area contributed by atoms with Crippen molar-refractivity contribution in [2.45, 2.75) is 0 Å². The monoisotopic (exact) mass is 362 g/mol. The van der Waals surface area contributed by atoms with Gasteiger partial charge in [0.15, 0.2) is 11.6 Å². The number of rotatable bonds is 3. The molecule has 0 saturated heterocycles. The van der Waals surface area contributed by atoms with Crippen molar-refractivity contribution < 1.29 is 23.4 Å². The van der Waals surface area contributed by atoms with Crippen molar-refractivity contribution in [2.75, 3.05) is 0 Å². The number of benzene rings is 2. The van der Waals surface area contributed by atoms with E-state index in [9.17, 15) is 13.6 Å². The van der Waals surface area contributed by atoms with Gasteiger partial charge in [-0.25, -0.2) is 13.6 Å². The lowest BCUT2D eigenvalue weighted by Crippen LogP contribution is -2.02. The number of hydrogen-bond acceptors (Lipinski definition) is 2. The molecule has 0 saturated carbocycles. The molecule has 0 fully saturated rings. The molecule has 1 N–H and O–H groups in total. The Morgan fingerprint density at radius 1 is 1.25 bits per heavy atom. The Morgan fingerprint density at radius 3 is 2.60 bits per heavy atom. The molecule has 0 bridgehead atoms. The molecule has 2 aromatic carbocycles. The number of carbonyl (C=O) groups is 1. The molecule has 2 aromatic rings. The standard InChI is InChI=1S/C13H6BrClF2O3/c14-7-4-8(15)10(17)5-11(7)20-12-6(13(18)19)2-1-3-9(12)16/h1-5H,(H,18,19). The van der Waals surface area contributed by atoms with Gasteiger partial charge < -0.3 is 9.84 Å². The zero-order valence-corrected chi connectivity index (χ0v) is 12.0. The van der Waals surface area contributed by atoms with E-state index in [1.165, 1.54) is 18.2 Å². The van der Waals surface area contributed by atoms with Crippen molar-refractivity contribution in [1.29, 1.82) is 0 Å². The summed E-state index contributed by atoms with van der Waals surface area (Å²) < 4.78 is 32.5. The molecule has 0 aromatic heterocycles. The summed E-state index contributed by atoms with van der Waals surface area (Å²) in [5.74, 6) is -3.57. The number of hydrogen-bond donors (Lipinski definition) is 1. The van der Waals surface area contributed by atoms with Crippen molar-refractivity contribution in [3.05, 3.63) is 57.0 Å². The van der Waals surface area contributed by atoms with E-state index in [0.29, 0.717) is 0 Å². The SMILES string of the molecule is O=C(O)c1cccc(F)c1Oc1cc(F)c(Cl)cc1Br. The molecule has 0 atom stereocenters. The molecular formula is C13H6BrClF2O3. The Bertz CT molecular complexity index is 692. The van der Waals surface area contributed by atoms with Crippen LogP contribution in [0.1, 0.15) is 10.4 Å². The van der Waals surface area contributed by atoms with Gasteiger partial charge in [-0.3, -0.25) is 0 Å². The Balaban J connectivity index is 2.50. The van der Waals surface area contributed by atoms with Crippen molar-refractivity contribution in [3.63, 3.8) is 0 Å². The highest BCUT2D eigenvalue weighted by atomic mass is 79.9. The van der Waals surface area contributed by atoms with Crippen LogP contribution in [-0.4, -0.2) is 11.1 Å². The highest BCUT2D eigenvalue weighted by Gasteiger charge is 2.18. The zero-order chi connectivity index (χ0) is 14.9. The van der Waals surface area contributed by atoms with E-state index < -0.39 is 23.4 Å². The van der Waals surface area contributed by atoms with Crippen LogP contribution in [0.15, 0.2) is 34.8 Å². The lowest BCUT2D eigenvalue weighted by molar-refractivity contribution is 0.0693. The maximum absolute atomic E-state index is 13.7. The number of carboxylic acids is 1. The molecule has 104 valence electrons. The van der Waals surface area contributed by atoms with E-state index >= 15 is 0 Å². The maximum atomic E-state index is 13.7. The maximum Gasteiger partial charge on any atom is 0.339 e. The van der Waals surface area contributed by atoms with Crippen LogP contribution < -0.4 is 4.74 Å². The van der Waals surface area contributed by atoms with Crippen LogP contribution in [0.4, 0.5) is 8.78 Å². The van der Waals surface area contributed by atoms with Gasteiger partial charge in [-0.1, -0.05) is 17.7 Å². The fourth-order valence-electron chi connectivity index (χ4n) is 1.47. The summed E-state index contributed by atoms with van der Waals surface area (Å²) in [5, 5.41) is 8.84. The first-order valence-electron chi connectivity index (χ1n) is 5.24. The van der Waals surface area contributed by atoms with Crippen molar-refractivity contribution in [2.24, 2.45) is 0 Å². The minimum Gasteiger partial charge on any atom is -0.478 e. The van der Waals surface area contributed by atoms with Crippen molar-refractivity contribution in [1.82, 2.24) is 0 Å². The predicted octanol–water partition coefficient (Wildman–Crippen LogP) is 4.87. The van der Waals surface area contributed by atoms with Gasteiger partial charge in [-0.2, -0.15) is 0 Å². The van der Waals surface area contributed by atoms with Gasteiger partial charge >= 0.3 is 5.97 Å². The lowest BCUT2D eigenvalue weighted by Gasteiger charge is -2.11. The first-order valence-corrected chi connectivity index (χ1v) is 6.41. The average molecular weight is 364 g/mol. The van der Waals surface area contributed by atoms with Crippen LogP contribution in [0.5, 0.6) is 11.5 Å². The Hall–Kier alpha value is -1.66. The second-order valence-electron chi connectivity index (χ2n) is 3.72. The van der Waals surface area contributed by atoms with Gasteiger partial charge in [-0.05, 0) is 34.1 Å². The highest BCUT2D eigenvalue weighted by molar-refractivity contribution is 9.10. The molecule has 0 unspecified atom stereocenters. The minimum atomic E-state index is -1.36. The van der Waals surface area contributed by atoms with Gasteiger partial charge in [0.05, 0.1) is 9.50 Å². The Kier molecular flexibility index (Phi) is 4.25. The summed E-state index contributed by atoms with van der Waals surface area (Å²) in [5.41, 5.74) is -0.368. The first-order chi connectivity index (χ1) is 9.40. The number of ether oxygens (including phenoxy) is 1. The molecule has 0 heterocycles. The fourth-order valence-corrected chi connectivity index (χ4v) is 2.19.